The molecule has 0 unspecified atom stereocenters. The van der Waals surface area contributed by atoms with Crippen molar-refractivity contribution in [2.45, 2.75) is 19.6 Å². The second-order valence-electron chi connectivity index (χ2n) is 5.58. The molecule has 1 aliphatic rings. The number of hydrogen-bond acceptors (Lipinski definition) is 4. The van der Waals surface area contributed by atoms with E-state index in [1.165, 1.54) is 0 Å². The molecule has 0 spiro atoms. The number of hydrogen-bond donors (Lipinski definition) is 2. The van der Waals surface area contributed by atoms with Gasteiger partial charge in [-0.15, -0.1) is 0 Å². The summed E-state index contributed by atoms with van der Waals surface area (Å²) < 4.78 is 6.40. The zero-order valence-corrected chi connectivity index (χ0v) is 14.6. The fraction of sp³-hybridized carbons (Fsp3) is 0.278. The first kappa shape index (κ1) is 17.0. The summed E-state index contributed by atoms with van der Waals surface area (Å²) in [6.07, 6.45) is 0.837. The maximum atomic E-state index is 12.5. The van der Waals surface area contributed by atoms with Crippen LogP contribution in [-0.2, 0) is 24.4 Å². The van der Waals surface area contributed by atoms with Crippen LogP contribution in [0.2, 0.25) is 0 Å². The van der Waals surface area contributed by atoms with Crippen molar-refractivity contribution in [1.29, 1.82) is 0 Å². The molecule has 5 nitrogen and oxygen atoms in total. The molecule has 0 fully saturated rings. The number of anilines is 1. The summed E-state index contributed by atoms with van der Waals surface area (Å²) in [5.41, 5.74) is 3.14. The van der Waals surface area contributed by atoms with Crippen molar-refractivity contribution in [2.24, 2.45) is 0 Å². The first-order chi connectivity index (χ1) is 11.6. The van der Waals surface area contributed by atoms with Crippen molar-refractivity contribution in [2.75, 3.05) is 18.1 Å². The molecule has 0 bridgehead atoms. The Balaban J connectivity index is 1.76. The molecule has 1 heterocycles. The van der Waals surface area contributed by atoms with Crippen LogP contribution in [-0.4, -0.2) is 29.3 Å². The van der Waals surface area contributed by atoms with Gasteiger partial charge < -0.3 is 19.8 Å². The third-order valence-corrected chi connectivity index (χ3v) is 4.53. The molecule has 2 aromatic rings. The van der Waals surface area contributed by atoms with Crippen LogP contribution in [0, 0.1) is 0 Å². The van der Waals surface area contributed by atoms with Gasteiger partial charge in [0.25, 0.3) is 5.91 Å². The summed E-state index contributed by atoms with van der Waals surface area (Å²) in [5.74, 6) is 0.222. The van der Waals surface area contributed by atoms with E-state index in [9.17, 15) is 15.0 Å². The van der Waals surface area contributed by atoms with E-state index in [4.69, 9.17) is 4.74 Å². The number of rotatable bonds is 5. The number of para-hydroxylation sites is 1. The smallest absolute Gasteiger partial charge is 0.264 e. The monoisotopic (exact) mass is 391 g/mol. The molecular formula is C18H18BrNO4. The number of benzene rings is 2. The Morgan fingerprint density at radius 3 is 2.50 bits per heavy atom. The molecule has 0 aromatic heterocycles. The Morgan fingerprint density at radius 1 is 1.17 bits per heavy atom. The average Bonchev–Trinajstić information content (AvgIpc) is 3.03. The van der Waals surface area contributed by atoms with Crippen LogP contribution in [0.5, 0.6) is 5.75 Å². The summed E-state index contributed by atoms with van der Waals surface area (Å²) in [6, 6.07) is 11.2. The average molecular weight is 392 g/mol. The molecule has 1 aliphatic heterocycles. The van der Waals surface area contributed by atoms with E-state index in [2.05, 4.69) is 15.9 Å². The minimum atomic E-state index is -0.234. The van der Waals surface area contributed by atoms with Gasteiger partial charge in [0.1, 0.15) is 5.75 Å². The van der Waals surface area contributed by atoms with Gasteiger partial charge in [0.2, 0.25) is 0 Å². The first-order valence-electron chi connectivity index (χ1n) is 7.68. The lowest BCUT2D eigenvalue weighted by atomic mass is 10.1. The maximum absolute atomic E-state index is 12.5. The first-order valence-corrected chi connectivity index (χ1v) is 8.47. The quantitative estimate of drug-likeness (QED) is 0.820. The predicted molar refractivity (Wildman–Crippen MR) is 94.0 cm³/mol. The molecule has 0 radical (unpaired) electrons. The van der Waals surface area contributed by atoms with Crippen LogP contribution < -0.4 is 9.64 Å². The van der Waals surface area contributed by atoms with Crippen molar-refractivity contribution >= 4 is 27.5 Å². The second kappa shape index (κ2) is 7.34. The fourth-order valence-corrected chi connectivity index (χ4v) is 3.49. The van der Waals surface area contributed by atoms with Gasteiger partial charge in [0.15, 0.2) is 6.61 Å². The molecule has 0 saturated heterocycles. The van der Waals surface area contributed by atoms with E-state index in [1.807, 2.05) is 24.3 Å². The molecule has 126 valence electrons. The van der Waals surface area contributed by atoms with Crippen molar-refractivity contribution in [3.63, 3.8) is 0 Å². The molecule has 24 heavy (non-hydrogen) atoms. The zero-order valence-electron chi connectivity index (χ0n) is 13.0. The minimum Gasteiger partial charge on any atom is -0.483 e. The number of ether oxygens (including phenoxy) is 1. The number of aliphatic hydroxyl groups is 2. The SMILES string of the molecule is O=C(COc1c(CO)cc(Br)cc1CO)N1CCc2ccccc21. The largest absolute Gasteiger partial charge is 0.483 e. The Kier molecular flexibility index (Phi) is 5.18. The third kappa shape index (κ3) is 3.31. The van der Waals surface area contributed by atoms with E-state index in [0.717, 1.165) is 22.1 Å². The fourth-order valence-electron chi connectivity index (χ4n) is 2.94. The number of fused-ring (bicyclic) bond motifs is 1. The Labute approximate surface area is 148 Å². The van der Waals surface area contributed by atoms with Crippen LogP contribution in [0.25, 0.3) is 0 Å². The van der Waals surface area contributed by atoms with Gasteiger partial charge in [-0.2, -0.15) is 0 Å². The minimum absolute atomic E-state index is 0.143. The number of aliphatic hydroxyl groups excluding tert-OH is 2. The highest BCUT2D eigenvalue weighted by Gasteiger charge is 2.24. The molecule has 0 aliphatic carbocycles. The van der Waals surface area contributed by atoms with Crippen LogP contribution in [0.1, 0.15) is 16.7 Å². The summed E-state index contributed by atoms with van der Waals surface area (Å²) in [7, 11) is 0. The predicted octanol–water partition coefficient (Wildman–Crippen LogP) is 2.40. The van der Waals surface area contributed by atoms with Crippen LogP contribution in [0.4, 0.5) is 5.69 Å². The molecule has 1 amide bonds. The lowest BCUT2D eigenvalue weighted by Gasteiger charge is -2.19. The van der Waals surface area contributed by atoms with Gasteiger partial charge in [0, 0.05) is 27.8 Å². The number of nitrogens with zero attached hydrogens (tertiary/aromatic N) is 1. The highest BCUT2D eigenvalue weighted by molar-refractivity contribution is 9.10. The molecular weight excluding hydrogens is 374 g/mol. The normalized spacial score (nSPS) is 13.0. The lowest BCUT2D eigenvalue weighted by molar-refractivity contribution is -0.120. The van der Waals surface area contributed by atoms with E-state index in [1.54, 1.807) is 17.0 Å². The van der Waals surface area contributed by atoms with Gasteiger partial charge in [-0.05, 0) is 30.2 Å². The van der Waals surface area contributed by atoms with Crippen molar-refractivity contribution in [3.05, 3.63) is 57.6 Å². The molecule has 2 N–H and O–H groups in total. The van der Waals surface area contributed by atoms with E-state index in [-0.39, 0.29) is 25.7 Å². The Bertz CT molecular complexity index is 737. The standard InChI is InChI=1S/C18H18BrNO4/c19-15-7-13(9-21)18(14(8-15)10-22)24-11-17(23)20-6-5-12-3-1-2-4-16(12)20/h1-4,7-8,21-22H,5-6,9-11H2. The molecule has 0 saturated carbocycles. The highest BCUT2D eigenvalue weighted by Crippen LogP contribution is 2.30. The summed E-state index contributed by atoms with van der Waals surface area (Å²) >= 11 is 3.33. The molecule has 0 atom stereocenters. The van der Waals surface area contributed by atoms with E-state index >= 15 is 0 Å². The summed E-state index contributed by atoms with van der Waals surface area (Å²) in [6.45, 7) is 0.0303. The number of carbonyl (C=O) groups is 1. The van der Waals surface area contributed by atoms with Crippen molar-refractivity contribution in [3.8, 4) is 5.75 Å². The molecule has 2 aromatic carbocycles. The van der Waals surface area contributed by atoms with Gasteiger partial charge in [-0.1, -0.05) is 34.1 Å². The zero-order chi connectivity index (χ0) is 17.1. The van der Waals surface area contributed by atoms with Crippen LogP contribution >= 0.6 is 15.9 Å². The molecule has 6 heteroatoms. The second-order valence-corrected chi connectivity index (χ2v) is 6.50. The highest BCUT2D eigenvalue weighted by atomic mass is 79.9. The van der Waals surface area contributed by atoms with Gasteiger partial charge in [0.05, 0.1) is 13.2 Å². The number of halogens is 1. The summed E-state index contributed by atoms with van der Waals surface area (Å²) in [4.78, 5) is 14.2. The number of carbonyl (C=O) groups excluding carboxylic acids is 1. The van der Waals surface area contributed by atoms with E-state index < -0.39 is 0 Å². The topological polar surface area (TPSA) is 70.0 Å². The number of amides is 1. The van der Waals surface area contributed by atoms with Crippen molar-refractivity contribution in [1.82, 2.24) is 0 Å². The van der Waals surface area contributed by atoms with Crippen LogP contribution in [0.3, 0.4) is 0 Å². The summed E-state index contributed by atoms with van der Waals surface area (Å²) in [5, 5.41) is 19.0. The Hall–Kier alpha value is -1.89. The Morgan fingerprint density at radius 2 is 1.83 bits per heavy atom. The van der Waals surface area contributed by atoms with E-state index in [0.29, 0.717) is 23.4 Å². The lowest BCUT2D eigenvalue weighted by Crippen LogP contribution is -2.33. The van der Waals surface area contributed by atoms with Gasteiger partial charge in [-0.3, -0.25) is 4.79 Å². The van der Waals surface area contributed by atoms with Gasteiger partial charge in [-0.25, -0.2) is 0 Å². The van der Waals surface area contributed by atoms with Crippen LogP contribution in [0.15, 0.2) is 40.9 Å². The maximum Gasteiger partial charge on any atom is 0.264 e. The van der Waals surface area contributed by atoms with Gasteiger partial charge >= 0.3 is 0 Å². The third-order valence-electron chi connectivity index (χ3n) is 4.08. The van der Waals surface area contributed by atoms with Crippen molar-refractivity contribution < 1.29 is 19.7 Å². The molecule has 3 rings (SSSR count).